The third-order valence-electron chi connectivity index (χ3n) is 2.60. The lowest BCUT2D eigenvalue weighted by atomic mass is 10.3. The van der Waals surface area contributed by atoms with Crippen LogP contribution in [0.5, 0.6) is 0 Å². The van der Waals surface area contributed by atoms with E-state index in [0.717, 1.165) is 11.3 Å². The van der Waals surface area contributed by atoms with E-state index in [4.69, 9.17) is 9.84 Å². The Morgan fingerprint density at radius 3 is 2.63 bits per heavy atom. The number of sulfonamides is 1. The zero-order valence-electron chi connectivity index (χ0n) is 11.0. The molecule has 0 amide bonds. The number of thiophene rings is 1. The minimum Gasteiger partial charge on any atom is -0.478 e. The molecule has 1 unspecified atom stereocenters. The first kappa shape index (κ1) is 16.1. The second-order valence-corrected chi connectivity index (χ2v) is 7.00. The zero-order chi connectivity index (χ0) is 14.6. The van der Waals surface area contributed by atoms with Crippen LogP contribution in [0.4, 0.5) is 0 Å². The number of carbonyl (C=O) groups is 1. The van der Waals surface area contributed by atoms with Gasteiger partial charge < -0.3 is 9.84 Å². The predicted molar refractivity (Wildman–Crippen MR) is 72.2 cm³/mol. The lowest BCUT2D eigenvalue weighted by Gasteiger charge is -2.25. The maximum Gasteiger partial charge on any atom is 0.336 e. The van der Waals surface area contributed by atoms with Crippen LogP contribution >= 0.6 is 11.3 Å². The minimum absolute atomic E-state index is 0.0148. The van der Waals surface area contributed by atoms with Crippen molar-refractivity contribution in [3.05, 3.63) is 17.0 Å². The zero-order valence-corrected chi connectivity index (χ0v) is 12.6. The highest BCUT2D eigenvalue weighted by atomic mass is 32.2. The minimum atomic E-state index is -3.68. The number of ether oxygens (including phenoxy) is 1. The largest absolute Gasteiger partial charge is 0.478 e. The third-order valence-corrected chi connectivity index (χ3v) is 6.10. The van der Waals surface area contributed by atoms with Gasteiger partial charge in [-0.2, -0.15) is 4.31 Å². The number of hydrogen-bond acceptors (Lipinski definition) is 5. The van der Waals surface area contributed by atoms with Gasteiger partial charge in [-0.1, -0.05) is 6.92 Å². The van der Waals surface area contributed by atoms with Gasteiger partial charge in [0.2, 0.25) is 0 Å². The van der Waals surface area contributed by atoms with E-state index in [2.05, 4.69) is 0 Å². The fraction of sp³-hybridized carbons (Fsp3) is 0.545. The average molecular weight is 307 g/mol. The molecule has 108 valence electrons. The molecule has 6 nitrogen and oxygen atoms in total. The van der Waals surface area contributed by atoms with Crippen molar-refractivity contribution in [1.82, 2.24) is 4.31 Å². The van der Waals surface area contributed by atoms with Crippen molar-refractivity contribution >= 4 is 27.3 Å². The SMILES string of the molecule is CCN(C(C)COC)S(=O)(=O)c1cc(C(=O)O)cs1. The molecule has 0 aromatic carbocycles. The number of rotatable bonds is 7. The van der Waals surface area contributed by atoms with Crippen LogP contribution < -0.4 is 0 Å². The Labute approximate surface area is 116 Å². The van der Waals surface area contributed by atoms with Crippen LogP contribution in [0, 0.1) is 0 Å². The molecule has 0 bridgehead atoms. The van der Waals surface area contributed by atoms with Crippen LogP contribution in [-0.4, -0.2) is 50.1 Å². The standard InChI is InChI=1S/C11H17NO5S2/c1-4-12(8(2)6-17-3)19(15,16)10-5-9(7-18-10)11(13)14/h5,7-8H,4,6H2,1-3H3,(H,13,14). The molecule has 0 aliphatic heterocycles. The molecular formula is C11H17NO5S2. The van der Waals surface area contributed by atoms with Crippen LogP contribution in [-0.2, 0) is 14.8 Å². The first-order valence-corrected chi connectivity index (χ1v) is 7.99. The molecule has 8 heteroatoms. The molecule has 0 radical (unpaired) electrons. The van der Waals surface area contributed by atoms with E-state index in [1.54, 1.807) is 13.8 Å². The second-order valence-electron chi connectivity index (χ2n) is 3.97. The molecule has 0 aliphatic rings. The van der Waals surface area contributed by atoms with Gasteiger partial charge in [0.25, 0.3) is 10.0 Å². The first-order chi connectivity index (χ1) is 8.84. The molecule has 1 N–H and O–H groups in total. The Morgan fingerprint density at radius 2 is 2.21 bits per heavy atom. The Hall–Kier alpha value is -0.960. The monoisotopic (exact) mass is 307 g/mol. The van der Waals surface area contributed by atoms with Crippen LogP contribution in [0.3, 0.4) is 0 Å². The summed E-state index contributed by atoms with van der Waals surface area (Å²) in [6.07, 6.45) is 0. The van der Waals surface area contributed by atoms with E-state index in [0.29, 0.717) is 6.54 Å². The van der Waals surface area contributed by atoms with Gasteiger partial charge in [-0.3, -0.25) is 0 Å². The lowest BCUT2D eigenvalue weighted by Crippen LogP contribution is -2.40. The van der Waals surface area contributed by atoms with Crippen LogP contribution in [0.25, 0.3) is 0 Å². The summed E-state index contributed by atoms with van der Waals surface area (Å²) in [5.41, 5.74) is -0.0148. The summed E-state index contributed by atoms with van der Waals surface area (Å²) in [4.78, 5) is 10.8. The van der Waals surface area contributed by atoms with Gasteiger partial charge in [0, 0.05) is 25.1 Å². The molecule has 0 saturated carbocycles. The van der Waals surface area contributed by atoms with E-state index in [1.807, 2.05) is 0 Å². The summed E-state index contributed by atoms with van der Waals surface area (Å²) in [5.74, 6) is -1.13. The molecule has 19 heavy (non-hydrogen) atoms. The van der Waals surface area contributed by atoms with Crippen molar-refractivity contribution in [1.29, 1.82) is 0 Å². The van der Waals surface area contributed by atoms with Crippen molar-refractivity contribution < 1.29 is 23.1 Å². The summed E-state index contributed by atoms with van der Waals surface area (Å²) in [6.45, 7) is 4.06. The number of aromatic carboxylic acids is 1. The molecule has 1 heterocycles. The van der Waals surface area contributed by atoms with Crippen LogP contribution in [0.15, 0.2) is 15.7 Å². The van der Waals surface area contributed by atoms with Crippen molar-refractivity contribution in [3.63, 3.8) is 0 Å². The molecule has 1 aromatic rings. The van der Waals surface area contributed by atoms with Gasteiger partial charge in [0.15, 0.2) is 0 Å². The van der Waals surface area contributed by atoms with E-state index < -0.39 is 16.0 Å². The van der Waals surface area contributed by atoms with E-state index in [9.17, 15) is 13.2 Å². The van der Waals surface area contributed by atoms with Gasteiger partial charge >= 0.3 is 5.97 Å². The van der Waals surface area contributed by atoms with E-state index >= 15 is 0 Å². The normalized spacial score (nSPS) is 13.7. The van der Waals surface area contributed by atoms with Crippen molar-refractivity contribution in [3.8, 4) is 0 Å². The smallest absolute Gasteiger partial charge is 0.336 e. The molecule has 0 fully saturated rings. The van der Waals surface area contributed by atoms with Crippen LogP contribution in [0.1, 0.15) is 24.2 Å². The molecule has 1 rings (SSSR count). The summed E-state index contributed by atoms with van der Waals surface area (Å²) in [7, 11) is -2.17. The number of carboxylic acids is 1. The van der Waals surface area contributed by atoms with Crippen molar-refractivity contribution in [2.24, 2.45) is 0 Å². The molecular weight excluding hydrogens is 290 g/mol. The Balaban J connectivity index is 3.09. The summed E-state index contributed by atoms with van der Waals surface area (Å²) in [5, 5.41) is 10.2. The van der Waals surface area contributed by atoms with Gasteiger partial charge in [0.05, 0.1) is 12.2 Å². The maximum atomic E-state index is 12.4. The summed E-state index contributed by atoms with van der Waals surface area (Å²) >= 11 is 0.913. The van der Waals surface area contributed by atoms with Gasteiger partial charge in [-0.15, -0.1) is 11.3 Å². The highest BCUT2D eigenvalue weighted by Crippen LogP contribution is 2.25. The van der Waals surface area contributed by atoms with Crippen LogP contribution in [0.2, 0.25) is 0 Å². The number of hydrogen-bond donors (Lipinski definition) is 1. The van der Waals surface area contributed by atoms with E-state index in [1.165, 1.54) is 22.9 Å². The fourth-order valence-electron chi connectivity index (χ4n) is 1.72. The number of methoxy groups -OCH3 is 1. The summed E-state index contributed by atoms with van der Waals surface area (Å²) < 4.78 is 31.1. The lowest BCUT2D eigenvalue weighted by molar-refractivity contribution is 0.0697. The highest BCUT2D eigenvalue weighted by Gasteiger charge is 2.29. The molecule has 0 aliphatic carbocycles. The van der Waals surface area contributed by atoms with Gasteiger partial charge in [-0.05, 0) is 13.0 Å². The van der Waals surface area contributed by atoms with Gasteiger partial charge in [0.1, 0.15) is 4.21 Å². The Bertz CT molecular complexity index is 537. The topological polar surface area (TPSA) is 83.9 Å². The van der Waals surface area contributed by atoms with Crippen molar-refractivity contribution in [2.75, 3.05) is 20.3 Å². The quantitative estimate of drug-likeness (QED) is 0.825. The average Bonchev–Trinajstić information content (AvgIpc) is 2.79. The molecule has 0 spiro atoms. The Morgan fingerprint density at radius 1 is 1.58 bits per heavy atom. The molecule has 0 saturated heterocycles. The number of nitrogens with zero attached hydrogens (tertiary/aromatic N) is 1. The number of carboxylic acid groups (broad SMARTS) is 1. The fourth-order valence-corrected chi connectivity index (χ4v) is 4.63. The second kappa shape index (κ2) is 6.47. The Kier molecular flexibility index (Phi) is 5.48. The molecule has 1 aromatic heterocycles. The highest BCUT2D eigenvalue weighted by molar-refractivity contribution is 7.91. The van der Waals surface area contributed by atoms with E-state index in [-0.39, 0.29) is 22.4 Å². The predicted octanol–water partition coefficient (Wildman–Crippen LogP) is 1.49. The first-order valence-electron chi connectivity index (χ1n) is 5.67. The summed E-state index contributed by atoms with van der Waals surface area (Å²) in [6, 6.07) is 0.875. The number of likely N-dealkylation sites (N-methyl/N-ethyl adjacent to an activating group) is 1. The third kappa shape index (κ3) is 3.53. The molecule has 1 atom stereocenters. The maximum absolute atomic E-state index is 12.4. The van der Waals surface area contributed by atoms with Gasteiger partial charge in [-0.25, -0.2) is 13.2 Å². The van der Waals surface area contributed by atoms with Crippen molar-refractivity contribution in [2.45, 2.75) is 24.1 Å².